The predicted molar refractivity (Wildman–Crippen MR) is 117 cm³/mol. The minimum Gasteiger partial charge on any atom is -0.369 e. The van der Waals surface area contributed by atoms with E-state index in [0.717, 1.165) is 38.0 Å². The second-order valence-electron chi connectivity index (χ2n) is 8.12. The molecule has 0 aliphatic carbocycles. The van der Waals surface area contributed by atoms with Crippen molar-refractivity contribution in [3.05, 3.63) is 47.8 Å². The largest absolute Gasteiger partial charge is 0.369 e. The number of aromatic nitrogens is 1. The highest BCUT2D eigenvalue weighted by molar-refractivity contribution is 7.89. The van der Waals surface area contributed by atoms with Crippen LogP contribution in [0.2, 0.25) is 0 Å². The van der Waals surface area contributed by atoms with Gasteiger partial charge in [0.2, 0.25) is 10.0 Å². The molecule has 1 aromatic carbocycles. The number of piperidine rings is 1. The summed E-state index contributed by atoms with van der Waals surface area (Å²) in [7, 11) is -1.87. The Kier molecular flexibility index (Phi) is 5.88. The third-order valence-corrected chi connectivity index (χ3v) is 8.34. The van der Waals surface area contributed by atoms with Gasteiger partial charge in [-0.25, -0.2) is 8.42 Å². The van der Waals surface area contributed by atoms with E-state index in [-0.39, 0.29) is 10.8 Å². The zero-order valence-corrected chi connectivity index (χ0v) is 18.6. The maximum atomic E-state index is 13.4. The predicted octanol–water partition coefficient (Wildman–Crippen LogP) is 2.47. The number of benzene rings is 1. The Hall–Kier alpha value is -2.32. The van der Waals surface area contributed by atoms with E-state index in [1.165, 1.54) is 0 Å². The number of rotatable bonds is 4. The maximum absolute atomic E-state index is 13.4. The summed E-state index contributed by atoms with van der Waals surface area (Å²) < 4.78 is 30.0. The molecule has 2 aliphatic heterocycles. The Balaban J connectivity index is 1.52. The molecule has 2 aliphatic rings. The molecule has 2 fully saturated rings. The Labute approximate surface area is 178 Å². The van der Waals surface area contributed by atoms with Crippen molar-refractivity contribution >= 4 is 21.6 Å². The third-order valence-electron chi connectivity index (χ3n) is 6.33. The fourth-order valence-corrected chi connectivity index (χ4v) is 6.05. The first kappa shape index (κ1) is 20.9. The Bertz CT molecular complexity index is 1000. The molecule has 3 heterocycles. The minimum atomic E-state index is -3.65. The summed E-state index contributed by atoms with van der Waals surface area (Å²) in [5, 5.41) is 0. The number of amides is 1. The standard InChI is InChI=1S/C22H30N4O3S/c1-18-21(17-20(23(18)2)22(27)25-11-7-4-8-12-25)30(28,29)26-15-13-24(14-16-26)19-9-5-3-6-10-19/h3,5-6,9-10,17H,4,7-8,11-16H2,1-2H3. The molecule has 4 rings (SSSR count). The van der Waals surface area contributed by atoms with Crippen LogP contribution in [0, 0.1) is 6.92 Å². The highest BCUT2D eigenvalue weighted by atomic mass is 32.2. The van der Waals surface area contributed by atoms with E-state index in [4.69, 9.17) is 0 Å². The van der Waals surface area contributed by atoms with E-state index in [2.05, 4.69) is 4.90 Å². The lowest BCUT2D eigenvalue weighted by Gasteiger charge is -2.35. The number of nitrogens with zero attached hydrogens (tertiary/aromatic N) is 4. The third kappa shape index (κ3) is 3.86. The summed E-state index contributed by atoms with van der Waals surface area (Å²) in [6.07, 6.45) is 3.16. The molecule has 2 aromatic rings. The number of sulfonamides is 1. The number of para-hydroxylation sites is 1. The van der Waals surface area contributed by atoms with Crippen molar-refractivity contribution in [2.24, 2.45) is 7.05 Å². The number of piperazine rings is 1. The van der Waals surface area contributed by atoms with Crippen LogP contribution in [0.5, 0.6) is 0 Å². The summed E-state index contributed by atoms with van der Waals surface area (Å²) in [5.74, 6) is -0.0735. The average Bonchev–Trinajstić information content (AvgIpc) is 3.10. The van der Waals surface area contributed by atoms with Crippen LogP contribution >= 0.6 is 0 Å². The van der Waals surface area contributed by atoms with Gasteiger partial charge in [0.1, 0.15) is 10.6 Å². The Morgan fingerprint density at radius 2 is 1.53 bits per heavy atom. The molecule has 30 heavy (non-hydrogen) atoms. The number of carbonyl (C=O) groups is 1. The van der Waals surface area contributed by atoms with Crippen LogP contribution in [0.15, 0.2) is 41.3 Å². The fraction of sp³-hybridized carbons (Fsp3) is 0.500. The molecule has 1 aromatic heterocycles. The van der Waals surface area contributed by atoms with Gasteiger partial charge in [-0.2, -0.15) is 4.31 Å². The van der Waals surface area contributed by atoms with E-state index in [1.807, 2.05) is 35.2 Å². The van der Waals surface area contributed by atoms with Gasteiger partial charge in [-0.3, -0.25) is 4.79 Å². The summed E-state index contributed by atoms with van der Waals surface area (Å²) >= 11 is 0. The van der Waals surface area contributed by atoms with Crippen LogP contribution in [0.1, 0.15) is 35.4 Å². The lowest BCUT2D eigenvalue weighted by Crippen LogP contribution is -2.48. The van der Waals surface area contributed by atoms with Crippen molar-refractivity contribution in [2.45, 2.75) is 31.1 Å². The average molecular weight is 431 g/mol. The van der Waals surface area contributed by atoms with Crippen molar-refractivity contribution in [1.29, 1.82) is 0 Å². The minimum absolute atomic E-state index is 0.0735. The second-order valence-corrected chi connectivity index (χ2v) is 10.0. The molecule has 162 valence electrons. The number of carbonyl (C=O) groups excluding carboxylic acids is 1. The van der Waals surface area contributed by atoms with Crippen LogP contribution in [0.4, 0.5) is 5.69 Å². The molecule has 0 radical (unpaired) electrons. The van der Waals surface area contributed by atoms with E-state index in [9.17, 15) is 13.2 Å². The molecular formula is C22H30N4O3S. The summed E-state index contributed by atoms with van der Waals surface area (Å²) in [6.45, 7) is 5.42. The van der Waals surface area contributed by atoms with Gasteiger partial charge in [0.15, 0.2) is 0 Å². The molecule has 0 N–H and O–H groups in total. The van der Waals surface area contributed by atoms with E-state index < -0.39 is 10.0 Å². The van der Waals surface area contributed by atoms with Gasteiger partial charge in [-0.15, -0.1) is 0 Å². The van der Waals surface area contributed by atoms with E-state index >= 15 is 0 Å². The number of likely N-dealkylation sites (tertiary alicyclic amines) is 1. The quantitative estimate of drug-likeness (QED) is 0.748. The molecular weight excluding hydrogens is 400 g/mol. The van der Waals surface area contributed by atoms with Crippen molar-refractivity contribution in [3.8, 4) is 0 Å². The molecule has 7 nitrogen and oxygen atoms in total. The number of hydrogen-bond acceptors (Lipinski definition) is 4. The van der Waals surface area contributed by atoms with Gasteiger partial charge in [0.25, 0.3) is 5.91 Å². The van der Waals surface area contributed by atoms with Gasteiger partial charge < -0.3 is 14.4 Å². The summed E-state index contributed by atoms with van der Waals surface area (Å²) in [6, 6.07) is 11.6. The molecule has 2 saturated heterocycles. The van der Waals surface area contributed by atoms with Crippen molar-refractivity contribution < 1.29 is 13.2 Å². The van der Waals surface area contributed by atoms with Gasteiger partial charge in [0.05, 0.1) is 0 Å². The lowest BCUT2D eigenvalue weighted by atomic mass is 10.1. The highest BCUT2D eigenvalue weighted by Gasteiger charge is 2.33. The van der Waals surface area contributed by atoms with Crippen molar-refractivity contribution in [2.75, 3.05) is 44.2 Å². The lowest BCUT2D eigenvalue weighted by molar-refractivity contribution is 0.0714. The van der Waals surface area contributed by atoms with Crippen molar-refractivity contribution in [1.82, 2.24) is 13.8 Å². The fourth-order valence-electron chi connectivity index (χ4n) is 4.36. The van der Waals surface area contributed by atoms with Gasteiger partial charge in [0, 0.05) is 57.7 Å². The molecule has 0 spiro atoms. The first-order valence-corrected chi connectivity index (χ1v) is 12.1. The van der Waals surface area contributed by atoms with E-state index in [1.54, 1.807) is 28.9 Å². The Morgan fingerprint density at radius 3 is 2.17 bits per heavy atom. The molecule has 1 amide bonds. The van der Waals surface area contributed by atoms with Crippen LogP contribution < -0.4 is 4.90 Å². The zero-order chi connectivity index (χ0) is 21.3. The van der Waals surface area contributed by atoms with Crippen LogP contribution in [-0.4, -0.2) is 67.4 Å². The topological polar surface area (TPSA) is 65.9 Å². The van der Waals surface area contributed by atoms with Gasteiger partial charge in [-0.1, -0.05) is 18.2 Å². The molecule has 0 atom stereocenters. The van der Waals surface area contributed by atoms with Gasteiger partial charge in [-0.05, 0) is 44.4 Å². The first-order valence-electron chi connectivity index (χ1n) is 10.7. The maximum Gasteiger partial charge on any atom is 0.270 e. The van der Waals surface area contributed by atoms with Crippen LogP contribution in [0.25, 0.3) is 0 Å². The van der Waals surface area contributed by atoms with Gasteiger partial charge >= 0.3 is 0 Å². The SMILES string of the molecule is Cc1c(S(=O)(=O)N2CCN(c3ccccc3)CC2)cc(C(=O)N2CCCCC2)n1C. The monoisotopic (exact) mass is 430 g/mol. The molecule has 0 unspecified atom stereocenters. The van der Waals surface area contributed by atoms with Crippen LogP contribution in [0.3, 0.4) is 0 Å². The molecule has 0 saturated carbocycles. The molecule has 8 heteroatoms. The highest BCUT2D eigenvalue weighted by Crippen LogP contribution is 2.26. The zero-order valence-electron chi connectivity index (χ0n) is 17.7. The summed E-state index contributed by atoms with van der Waals surface area (Å²) in [5.41, 5.74) is 2.18. The van der Waals surface area contributed by atoms with Crippen molar-refractivity contribution in [3.63, 3.8) is 0 Å². The van der Waals surface area contributed by atoms with E-state index in [0.29, 0.717) is 37.6 Å². The normalized spacial score (nSPS) is 18.6. The smallest absolute Gasteiger partial charge is 0.270 e. The van der Waals surface area contributed by atoms with Crippen LogP contribution in [-0.2, 0) is 17.1 Å². The molecule has 0 bridgehead atoms. The number of hydrogen-bond donors (Lipinski definition) is 0. The summed E-state index contributed by atoms with van der Waals surface area (Å²) in [4.78, 5) is 17.3. The first-order chi connectivity index (χ1) is 14.4. The second kappa shape index (κ2) is 8.43. The Morgan fingerprint density at radius 1 is 0.900 bits per heavy atom. The number of anilines is 1.